The largest absolute Gasteiger partial charge is 0.493 e. The number of benzene rings is 1. The Morgan fingerprint density at radius 2 is 2.29 bits per heavy atom. The van der Waals surface area contributed by atoms with Crippen molar-refractivity contribution in [1.82, 2.24) is 9.38 Å². The number of aromatic nitrogens is 2. The van der Waals surface area contributed by atoms with Crippen molar-refractivity contribution in [1.29, 1.82) is 0 Å². The predicted molar refractivity (Wildman–Crippen MR) is 84.0 cm³/mol. The molecule has 2 heterocycles. The van der Waals surface area contributed by atoms with E-state index in [4.69, 9.17) is 9.47 Å². The first-order valence-corrected chi connectivity index (χ1v) is 7.89. The normalized spacial score (nSPS) is 11.0. The maximum Gasteiger partial charge on any atom is 0.193 e. The van der Waals surface area contributed by atoms with Crippen molar-refractivity contribution in [3.63, 3.8) is 0 Å². The second kappa shape index (κ2) is 6.05. The number of methoxy groups -OCH3 is 1. The molecule has 21 heavy (non-hydrogen) atoms. The minimum Gasteiger partial charge on any atom is -0.493 e. The van der Waals surface area contributed by atoms with Gasteiger partial charge in [-0.05, 0) is 33.6 Å². The van der Waals surface area contributed by atoms with Gasteiger partial charge in [-0.15, -0.1) is 11.3 Å². The molecule has 0 bridgehead atoms. The monoisotopic (exact) mass is 368 g/mol. The smallest absolute Gasteiger partial charge is 0.193 e. The van der Waals surface area contributed by atoms with Gasteiger partial charge < -0.3 is 14.6 Å². The molecule has 3 rings (SSSR count). The predicted octanol–water partition coefficient (Wildman–Crippen LogP) is 3.24. The molecule has 5 nitrogen and oxygen atoms in total. The first-order chi connectivity index (χ1) is 10.2. The van der Waals surface area contributed by atoms with Gasteiger partial charge in [-0.25, -0.2) is 4.98 Å². The number of aliphatic hydroxyl groups excluding tert-OH is 1. The Morgan fingerprint density at radius 1 is 1.43 bits per heavy atom. The molecule has 110 valence electrons. The highest BCUT2D eigenvalue weighted by molar-refractivity contribution is 9.10. The molecule has 0 aliphatic carbocycles. The van der Waals surface area contributed by atoms with Crippen LogP contribution in [0.5, 0.6) is 11.5 Å². The van der Waals surface area contributed by atoms with Crippen LogP contribution in [0, 0.1) is 0 Å². The Bertz CT molecular complexity index is 740. The van der Waals surface area contributed by atoms with Gasteiger partial charge in [-0.1, -0.05) is 0 Å². The van der Waals surface area contributed by atoms with Gasteiger partial charge in [0, 0.05) is 17.8 Å². The van der Waals surface area contributed by atoms with Crippen molar-refractivity contribution in [2.24, 2.45) is 0 Å². The van der Waals surface area contributed by atoms with Crippen LogP contribution in [0.25, 0.3) is 4.96 Å². The van der Waals surface area contributed by atoms with Gasteiger partial charge in [0.15, 0.2) is 16.5 Å². The maximum atomic E-state index is 9.21. The second-order valence-corrected chi connectivity index (χ2v) is 6.11. The van der Waals surface area contributed by atoms with E-state index >= 15 is 0 Å². The molecule has 0 atom stereocenters. The van der Waals surface area contributed by atoms with Crippen LogP contribution in [0.4, 0.5) is 0 Å². The summed E-state index contributed by atoms with van der Waals surface area (Å²) < 4.78 is 13.8. The summed E-state index contributed by atoms with van der Waals surface area (Å²) in [6.07, 6.45) is 3.90. The van der Waals surface area contributed by atoms with Crippen molar-refractivity contribution in [2.75, 3.05) is 7.11 Å². The molecule has 0 radical (unpaired) electrons. The lowest BCUT2D eigenvalue weighted by Crippen LogP contribution is -2.00. The standard InChI is InChI=1S/C14H13BrN2O3S/c1-19-12-5-9(7-18)4-11(15)13(12)20-8-10-6-17-2-3-21-14(17)16-10/h2-6,18H,7-8H2,1H3. The van der Waals surface area contributed by atoms with Crippen LogP contribution in [-0.2, 0) is 13.2 Å². The summed E-state index contributed by atoms with van der Waals surface area (Å²) in [6, 6.07) is 3.56. The van der Waals surface area contributed by atoms with Crippen LogP contribution < -0.4 is 9.47 Å². The first kappa shape index (κ1) is 14.4. The van der Waals surface area contributed by atoms with Crippen LogP contribution >= 0.6 is 27.3 Å². The summed E-state index contributed by atoms with van der Waals surface area (Å²) in [5.41, 5.74) is 1.61. The molecule has 0 amide bonds. The van der Waals surface area contributed by atoms with Crippen LogP contribution in [0.15, 0.2) is 34.4 Å². The average Bonchev–Trinajstić information content (AvgIpc) is 3.06. The van der Waals surface area contributed by atoms with Crippen LogP contribution in [0.1, 0.15) is 11.3 Å². The number of imidazole rings is 1. The SMILES string of the molecule is COc1cc(CO)cc(Br)c1OCc1cn2ccsc2n1. The number of fused-ring (bicyclic) bond motifs is 1. The number of hydrogen-bond donors (Lipinski definition) is 1. The zero-order valence-corrected chi connectivity index (χ0v) is 13.6. The van der Waals surface area contributed by atoms with Crippen LogP contribution in [-0.4, -0.2) is 21.6 Å². The molecule has 2 aromatic heterocycles. The first-order valence-electron chi connectivity index (χ1n) is 6.22. The van der Waals surface area contributed by atoms with E-state index in [0.29, 0.717) is 18.1 Å². The van der Waals surface area contributed by atoms with Crippen molar-refractivity contribution in [3.8, 4) is 11.5 Å². The summed E-state index contributed by atoms with van der Waals surface area (Å²) in [6.45, 7) is 0.300. The maximum absolute atomic E-state index is 9.21. The fourth-order valence-corrected chi connectivity index (χ4v) is 3.32. The van der Waals surface area contributed by atoms with Gasteiger partial charge in [0.2, 0.25) is 0 Å². The molecule has 0 fully saturated rings. The Labute approximate surface area is 133 Å². The minimum absolute atomic E-state index is 0.0490. The molecule has 7 heteroatoms. The molecule has 0 unspecified atom stereocenters. The third-order valence-corrected chi connectivity index (χ3v) is 4.34. The van der Waals surface area contributed by atoms with Gasteiger partial charge in [-0.2, -0.15) is 0 Å². The molecule has 1 N–H and O–H groups in total. The summed E-state index contributed by atoms with van der Waals surface area (Å²) >= 11 is 5.02. The molecule has 0 aliphatic rings. The summed E-state index contributed by atoms with van der Waals surface area (Å²) in [5.74, 6) is 1.18. The van der Waals surface area contributed by atoms with Gasteiger partial charge >= 0.3 is 0 Å². The van der Waals surface area contributed by atoms with Crippen molar-refractivity contribution < 1.29 is 14.6 Å². The quantitative estimate of drug-likeness (QED) is 0.750. The average molecular weight is 369 g/mol. The number of halogens is 1. The van der Waals surface area contributed by atoms with Crippen molar-refractivity contribution >= 4 is 32.2 Å². The lowest BCUT2D eigenvalue weighted by molar-refractivity contribution is 0.271. The van der Waals surface area contributed by atoms with Gasteiger partial charge in [0.05, 0.1) is 23.9 Å². The Hall–Kier alpha value is -1.57. The minimum atomic E-state index is -0.0490. The fraction of sp³-hybridized carbons (Fsp3) is 0.214. The Kier molecular flexibility index (Phi) is 4.14. The summed E-state index contributed by atoms with van der Waals surface area (Å²) in [5, 5.41) is 11.2. The summed E-state index contributed by atoms with van der Waals surface area (Å²) in [4.78, 5) is 5.41. The number of rotatable bonds is 5. The third kappa shape index (κ3) is 2.90. The summed E-state index contributed by atoms with van der Waals surface area (Å²) in [7, 11) is 1.57. The van der Waals surface area contributed by atoms with E-state index in [1.54, 1.807) is 24.5 Å². The molecule has 3 aromatic rings. The highest BCUT2D eigenvalue weighted by atomic mass is 79.9. The molecular formula is C14H13BrN2O3S. The van der Waals surface area contributed by atoms with E-state index in [1.165, 1.54) is 0 Å². The van der Waals surface area contributed by atoms with Crippen LogP contribution in [0.3, 0.4) is 0 Å². The van der Waals surface area contributed by atoms with E-state index < -0.39 is 0 Å². The number of nitrogens with zero attached hydrogens (tertiary/aromatic N) is 2. The Morgan fingerprint density at radius 3 is 3.00 bits per heavy atom. The molecule has 1 aromatic carbocycles. The van der Waals surface area contributed by atoms with E-state index in [2.05, 4.69) is 20.9 Å². The highest BCUT2D eigenvalue weighted by Gasteiger charge is 2.12. The number of hydrogen-bond acceptors (Lipinski definition) is 5. The van der Waals surface area contributed by atoms with Crippen LogP contribution in [0.2, 0.25) is 0 Å². The van der Waals surface area contributed by atoms with E-state index in [0.717, 1.165) is 20.7 Å². The topological polar surface area (TPSA) is 56.0 Å². The van der Waals surface area contributed by atoms with Crippen molar-refractivity contribution in [3.05, 3.63) is 45.6 Å². The molecule has 0 saturated carbocycles. The number of aliphatic hydroxyl groups is 1. The van der Waals surface area contributed by atoms with Gasteiger partial charge in [-0.3, -0.25) is 4.40 Å². The van der Waals surface area contributed by atoms with E-state index in [1.807, 2.05) is 28.2 Å². The van der Waals surface area contributed by atoms with E-state index in [-0.39, 0.29) is 6.61 Å². The lowest BCUT2D eigenvalue weighted by Gasteiger charge is -2.13. The zero-order chi connectivity index (χ0) is 14.8. The second-order valence-electron chi connectivity index (χ2n) is 4.38. The molecule has 0 saturated heterocycles. The Balaban J connectivity index is 1.82. The fourth-order valence-electron chi connectivity index (χ4n) is 2.00. The molecule has 0 spiro atoms. The third-order valence-electron chi connectivity index (χ3n) is 2.98. The van der Waals surface area contributed by atoms with Gasteiger partial charge in [0.25, 0.3) is 0 Å². The number of thiazole rings is 1. The molecule has 0 aliphatic heterocycles. The number of ether oxygens (including phenoxy) is 2. The van der Waals surface area contributed by atoms with E-state index in [9.17, 15) is 5.11 Å². The highest BCUT2D eigenvalue weighted by Crippen LogP contribution is 2.37. The molecular weight excluding hydrogens is 356 g/mol. The van der Waals surface area contributed by atoms with Gasteiger partial charge in [0.1, 0.15) is 6.61 Å². The lowest BCUT2D eigenvalue weighted by atomic mass is 10.2. The zero-order valence-electron chi connectivity index (χ0n) is 11.2. The van der Waals surface area contributed by atoms with Crippen molar-refractivity contribution in [2.45, 2.75) is 13.2 Å².